The summed E-state index contributed by atoms with van der Waals surface area (Å²) in [7, 11) is 3.23. The van der Waals surface area contributed by atoms with Crippen molar-refractivity contribution in [1.82, 2.24) is 10.3 Å². The molecule has 5 N–H and O–H groups in total. The van der Waals surface area contributed by atoms with E-state index in [0.717, 1.165) is 33.3 Å². The number of ether oxygens (including phenoxy) is 2. The Balaban J connectivity index is 1.63. The lowest BCUT2D eigenvalue weighted by Crippen LogP contribution is -2.27. The maximum Gasteiger partial charge on any atom is 0.221 e. The van der Waals surface area contributed by atoms with Gasteiger partial charge in [0.15, 0.2) is 11.5 Å². The van der Waals surface area contributed by atoms with Crippen molar-refractivity contribution in [3.63, 3.8) is 0 Å². The number of nitrogens with two attached hydrogens (primary N) is 1. The molecular weight excluding hydrogens is 442 g/mol. The third kappa shape index (κ3) is 5.80. The van der Waals surface area contributed by atoms with E-state index < -0.39 is 0 Å². The summed E-state index contributed by atoms with van der Waals surface area (Å²) < 4.78 is 10.9. The van der Waals surface area contributed by atoms with Gasteiger partial charge in [-0.1, -0.05) is 18.2 Å². The number of fused-ring (bicyclic) bond motifs is 1. The number of aromatic nitrogens is 1. The number of nitrogens with one attached hydrogen (secondary N) is 3. The smallest absolute Gasteiger partial charge is 0.221 e. The average molecular weight is 472 g/mol. The zero-order valence-electron chi connectivity index (χ0n) is 20.0. The molecule has 3 aromatic carbocycles. The van der Waals surface area contributed by atoms with Crippen LogP contribution in [0.15, 0.2) is 72.9 Å². The summed E-state index contributed by atoms with van der Waals surface area (Å²) in [5.74, 6) is 1.70. The van der Waals surface area contributed by atoms with E-state index >= 15 is 0 Å². The van der Waals surface area contributed by atoms with E-state index in [0.29, 0.717) is 23.9 Å². The van der Waals surface area contributed by atoms with E-state index in [9.17, 15) is 4.79 Å². The molecule has 1 amide bonds. The zero-order valence-corrected chi connectivity index (χ0v) is 20.0. The number of nitrogen functional groups attached to an aromatic ring is 1. The summed E-state index contributed by atoms with van der Waals surface area (Å²) in [6, 6.07) is 21.5. The molecule has 0 radical (unpaired) electrons. The highest BCUT2D eigenvalue weighted by atomic mass is 16.5. The van der Waals surface area contributed by atoms with E-state index in [1.807, 2.05) is 66.7 Å². The lowest BCUT2D eigenvalue weighted by Gasteiger charge is -2.23. The molecule has 0 spiro atoms. The predicted molar refractivity (Wildman–Crippen MR) is 140 cm³/mol. The molecule has 1 atom stereocenters. The SMILES string of the molecule is COc1ccc(C(NCc2cccc(NC(C)=O)c2)Nc2ccc3c(N)nccc3c2)cc1OC. The van der Waals surface area contributed by atoms with E-state index in [4.69, 9.17) is 15.2 Å². The van der Waals surface area contributed by atoms with Crippen molar-refractivity contribution in [3.05, 3.63) is 84.1 Å². The molecule has 4 rings (SSSR count). The van der Waals surface area contributed by atoms with Crippen LogP contribution in [0.2, 0.25) is 0 Å². The number of anilines is 3. The fourth-order valence-corrected chi connectivity index (χ4v) is 3.92. The number of benzene rings is 3. The topological polar surface area (TPSA) is 111 Å². The molecule has 0 aliphatic rings. The van der Waals surface area contributed by atoms with Crippen molar-refractivity contribution < 1.29 is 14.3 Å². The minimum atomic E-state index is -0.254. The number of hydrogen-bond acceptors (Lipinski definition) is 7. The maximum absolute atomic E-state index is 11.4. The van der Waals surface area contributed by atoms with Gasteiger partial charge in [-0.15, -0.1) is 0 Å². The van der Waals surface area contributed by atoms with Crippen LogP contribution in [0, 0.1) is 0 Å². The summed E-state index contributed by atoms with van der Waals surface area (Å²) in [6.07, 6.45) is 1.45. The molecule has 4 aromatic rings. The Morgan fingerprint density at radius 1 is 0.971 bits per heavy atom. The van der Waals surface area contributed by atoms with Crippen LogP contribution >= 0.6 is 0 Å². The monoisotopic (exact) mass is 471 g/mol. The van der Waals surface area contributed by atoms with Gasteiger partial charge in [-0.3, -0.25) is 10.1 Å². The Hall–Kier alpha value is -4.30. The first-order valence-corrected chi connectivity index (χ1v) is 11.2. The number of nitrogens with zero attached hydrogens (tertiary/aromatic N) is 1. The van der Waals surface area contributed by atoms with Gasteiger partial charge >= 0.3 is 0 Å². The quantitative estimate of drug-likeness (QED) is 0.262. The predicted octanol–water partition coefficient (Wildman–Crippen LogP) is 4.69. The number of amides is 1. The third-order valence-electron chi connectivity index (χ3n) is 5.60. The first-order chi connectivity index (χ1) is 17.0. The Kier molecular flexibility index (Phi) is 7.32. The minimum Gasteiger partial charge on any atom is -0.493 e. The van der Waals surface area contributed by atoms with Gasteiger partial charge in [0.25, 0.3) is 0 Å². The Bertz CT molecular complexity index is 1340. The van der Waals surface area contributed by atoms with E-state index in [-0.39, 0.29) is 12.1 Å². The molecule has 0 fully saturated rings. The van der Waals surface area contributed by atoms with Crippen molar-refractivity contribution in [1.29, 1.82) is 0 Å². The molecule has 35 heavy (non-hydrogen) atoms. The maximum atomic E-state index is 11.4. The Morgan fingerprint density at radius 3 is 2.57 bits per heavy atom. The van der Waals surface area contributed by atoms with Gasteiger partial charge in [-0.2, -0.15) is 0 Å². The van der Waals surface area contributed by atoms with Crippen molar-refractivity contribution in [3.8, 4) is 11.5 Å². The molecule has 1 unspecified atom stereocenters. The summed E-state index contributed by atoms with van der Waals surface area (Å²) in [5.41, 5.74) is 9.69. The Labute approximate surface area is 204 Å². The van der Waals surface area contributed by atoms with Gasteiger partial charge in [-0.05, 0) is 65.0 Å². The standard InChI is InChI=1S/C27H29N5O3/c1-17(33)31-21-6-4-5-18(13-21)16-30-27(20-7-10-24(34-2)25(15-20)35-3)32-22-8-9-23-19(14-22)11-12-29-26(23)28/h4-15,27,30,32H,16H2,1-3H3,(H2,28,29)(H,31,33). The molecule has 0 bridgehead atoms. The van der Waals surface area contributed by atoms with E-state index in [1.165, 1.54) is 6.92 Å². The number of hydrogen-bond donors (Lipinski definition) is 4. The van der Waals surface area contributed by atoms with Gasteiger partial charge in [0.2, 0.25) is 5.91 Å². The van der Waals surface area contributed by atoms with Crippen LogP contribution in [0.25, 0.3) is 10.8 Å². The first-order valence-electron chi connectivity index (χ1n) is 11.2. The number of carbonyl (C=O) groups is 1. The second-order valence-corrected chi connectivity index (χ2v) is 8.09. The summed E-state index contributed by atoms with van der Waals surface area (Å²) in [5, 5.41) is 11.9. The van der Waals surface area contributed by atoms with Crippen LogP contribution in [-0.4, -0.2) is 25.1 Å². The molecule has 180 valence electrons. The van der Waals surface area contributed by atoms with Crippen LogP contribution in [-0.2, 0) is 11.3 Å². The zero-order chi connectivity index (χ0) is 24.8. The van der Waals surface area contributed by atoms with Crippen molar-refractivity contribution in [2.45, 2.75) is 19.6 Å². The normalized spacial score (nSPS) is 11.6. The highest BCUT2D eigenvalue weighted by Gasteiger charge is 2.15. The van der Waals surface area contributed by atoms with Crippen molar-refractivity contribution in [2.75, 3.05) is 30.6 Å². The number of carbonyl (C=O) groups excluding carboxylic acids is 1. The fraction of sp³-hybridized carbons (Fsp3) is 0.185. The van der Waals surface area contributed by atoms with Crippen molar-refractivity contribution >= 4 is 33.9 Å². The first kappa shape index (κ1) is 23.8. The molecule has 0 aliphatic heterocycles. The number of rotatable bonds is 9. The lowest BCUT2D eigenvalue weighted by atomic mass is 10.1. The van der Waals surface area contributed by atoms with E-state index in [1.54, 1.807) is 20.4 Å². The van der Waals surface area contributed by atoms with Crippen LogP contribution in [0.5, 0.6) is 11.5 Å². The van der Waals surface area contributed by atoms with Gasteiger partial charge < -0.3 is 25.8 Å². The minimum absolute atomic E-state index is 0.105. The van der Waals surface area contributed by atoms with Crippen molar-refractivity contribution in [2.24, 2.45) is 0 Å². The van der Waals surface area contributed by atoms with Crippen LogP contribution in [0.4, 0.5) is 17.2 Å². The van der Waals surface area contributed by atoms with Gasteiger partial charge in [0.05, 0.1) is 14.2 Å². The fourth-order valence-electron chi connectivity index (χ4n) is 3.92. The van der Waals surface area contributed by atoms with Gasteiger partial charge in [0.1, 0.15) is 12.0 Å². The molecule has 0 saturated heterocycles. The molecule has 0 saturated carbocycles. The molecular formula is C27H29N5O3. The summed E-state index contributed by atoms with van der Waals surface area (Å²) in [4.78, 5) is 15.6. The second-order valence-electron chi connectivity index (χ2n) is 8.09. The van der Waals surface area contributed by atoms with Gasteiger partial charge in [-0.25, -0.2) is 4.98 Å². The molecule has 8 nitrogen and oxygen atoms in total. The highest BCUT2D eigenvalue weighted by Crippen LogP contribution is 2.31. The summed E-state index contributed by atoms with van der Waals surface area (Å²) in [6.45, 7) is 2.05. The number of pyridine rings is 1. The Morgan fingerprint density at radius 2 is 1.80 bits per heavy atom. The highest BCUT2D eigenvalue weighted by molar-refractivity contribution is 5.93. The second kappa shape index (κ2) is 10.8. The van der Waals surface area contributed by atoms with Crippen LogP contribution in [0.1, 0.15) is 24.2 Å². The molecule has 1 aromatic heterocycles. The van der Waals surface area contributed by atoms with Crippen LogP contribution < -0.4 is 31.2 Å². The molecule has 1 heterocycles. The molecule has 8 heteroatoms. The summed E-state index contributed by atoms with van der Waals surface area (Å²) >= 11 is 0. The largest absolute Gasteiger partial charge is 0.493 e. The third-order valence-corrected chi connectivity index (χ3v) is 5.60. The van der Waals surface area contributed by atoms with Gasteiger partial charge in [0, 0.05) is 36.4 Å². The lowest BCUT2D eigenvalue weighted by molar-refractivity contribution is -0.114. The number of methoxy groups -OCH3 is 2. The average Bonchev–Trinajstić information content (AvgIpc) is 2.86. The van der Waals surface area contributed by atoms with E-state index in [2.05, 4.69) is 20.9 Å². The molecule has 0 aliphatic carbocycles. The van der Waals surface area contributed by atoms with Crippen LogP contribution in [0.3, 0.4) is 0 Å².